The molecular formula is C11H14ClNS. The van der Waals surface area contributed by atoms with E-state index in [-0.39, 0.29) is 0 Å². The zero-order valence-electron chi connectivity index (χ0n) is 8.43. The largest absolute Gasteiger partial charge is 0.299 e. The molecule has 0 radical (unpaired) electrons. The fraction of sp³-hybridized carbons (Fsp3) is 0.455. The van der Waals surface area contributed by atoms with Gasteiger partial charge in [0, 0.05) is 10.9 Å². The second-order valence-corrected chi connectivity index (χ2v) is 4.66. The van der Waals surface area contributed by atoms with Gasteiger partial charge in [0.15, 0.2) is 0 Å². The highest BCUT2D eigenvalue weighted by Gasteiger charge is 2.09. The summed E-state index contributed by atoms with van der Waals surface area (Å²) < 4.78 is 0.849. The van der Waals surface area contributed by atoms with E-state index in [2.05, 4.69) is 30.1 Å². The van der Waals surface area contributed by atoms with Gasteiger partial charge in [-0.05, 0) is 25.5 Å². The van der Waals surface area contributed by atoms with E-state index < -0.39 is 0 Å². The van der Waals surface area contributed by atoms with E-state index in [4.69, 9.17) is 11.6 Å². The van der Waals surface area contributed by atoms with E-state index in [1.165, 1.54) is 4.88 Å². The van der Waals surface area contributed by atoms with Gasteiger partial charge in [0.25, 0.3) is 0 Å². The molecule has 0 aliphatic heterocycles. The van der Waals surface area contributed by atoms with Crippen molar-refractivity contribution in [2.45, 2.75) is 26.3 Å². The summed E-state index contributed by atoms with van der Waals surface area (Å²) in [5.74, 6) is 5.87. The van der Waals surface area contributed by atoms with Crippen molar-refractivity contribution in [3.05, 3.63) is 21.3 Å². The standard InChI is InChI=1S/C11H14ClNS/c1-3-5-8-13-9(4-2)10-6-7-11(12)14-10/h6-7,9,13H,4,8H2,1-2H3. The minimum Gasteiger partial charge on any atom is -0.299 e. The summed E-state index contributed by atoms with van der Waals surface area (Å²) in [6.07, 6.45) is 1.06. The zero-order chi connectivity index (χ0) is 10.4. The van der Waals surface area contributed by atoms with Crippen molar-refractivity contribution in [3.63, 3.8) is 0 Å². The summed E-state index contributed by atoms with van der Waals surface area (Å²) in [5, 5.41) is 3.38. The maximum atomic E-state index is 5.89. The Hall–Kier alpha value is -0.490. The predicted molar refractivity (Wildman–Crippen MR) is 63.8 cm³/mol. The van der Waals surface area contributed by atoms with Crippen molar-refractivity contribution >= 4 is 22.9 Å². The molecule has 0 aliphatic rings. The van der Waals surface area contributed by atoms with Gasteiger partial charge in [-0.3, -0.25) is 5.32 Å². The minimum atomic E-state index is 0.383. The lowest BCUT2D eigenvalue weighted by Gasteiger charge is -2.12. The molecule has 3 heteroatoms. The number of hydrogen-bond donors (Lipinski definition) is 1. The van der Waals surface area contributed by atoms with Gasteiger partial charge < -0.3 is 0 Å². The average molecular weight is 228 g/mol. The van der Waals surface area contributed by atoms with Crippen LogP contribution in [-0.4, -0.2) is 6.54 Å². The van der Waals surface area contributed by atoms with E-state index in [0.717, 1.165) is 17.3 Å². The highest BCUT2D eigenvalue weighted by Crippen LogP contribution is 2.28. The third-order valence-corrected chi connectivity index (χ3v) is 3.30. The van der Waals surface area contributed by atoms with Crippen LogP contribution >= 0.6 is 22.9 Å². The Bertz CT molecular complexity index is 335. The Balaban J connectivity index is 2.56. The van der Waals surface area contributed by atoms with Crippen LogP contribution in [0, 0.1) is 11.8 Å². The Morgan fingerprint density at radius 3 is 2.86 bits per heavy atom. The molecule has 14 heavy (non-hydrogen) atoms. The van der Waals surface area contributed by atoms with Crippen molar-refractivity contribution in [1.29, 1.82) is 0 Å². The van der Waals surface area contributed by atoms with Crippen molar-refractivity contribution in [2.75, 3.05) is 6.54 Å². The number of halogens is 1. The van der Waals surface area contributed by atoms with Crippen molar-refractivity contribution in [2.24, 2.45) is 0 Å². The van der Waals surface area contributed by atoms with Crippen molar-refractivity contribution < 1.29 is 0 Å². The molecular weight excluding hydrogens is 214 g/mol. The molecule has 0 saturated carbocycles. The number of rotatable bonds is 4. The molecule has 1 heterocycles. The van der Waals surface area contributed by atoms with E-state index in [0.29, 0.717) is 6.04 Å². The monoisotopic (exact) mass is 227 g/mol. The first-order valence-electron chi connectivity index (χ1n) is 4.66. The summed E-state index contributed by atoms with van der Waals surface area (Å²) in [6.45, 7) is 4.75. The van der Waals surface area contributed by atoms with Gasteiger partial charge in [0.1, 0.15) is 0 Å². The lowest BCUT2D eigenvalue weighted by Crippen LogP contribution is -2.19. The molecule has 0 saturated heterocycles. The summed E-state index contributed by atoms with van der Waals surface area (Å²) in [4.78, 5) is 1.29. The van der Waals surface area contributed by atoms with Crippen LogP contribution in [0.5, 0.6) is 0 Å². The van der Waals surface area contributed by atoms with Crippen LogP contribution in [0.1, 0.15) is 31.2 Å². The molecule has 0 fully saturated rings. The average Bonchev–Trinajstić information content (AvgIpc) is 2.60. The molecule has 1 unspecified atom stereocenters. The molecule has 1 aromatic rings. The van der Waals surface area contributed by atoms with E-state index in [9.17, 15) is 0 Å². The quantitative estimate of drug-likeness (QED) is 0.777. The van der Waals surface area contributed by atoms with Crippen LogP contribution in [0.4, 0.5) is 0 Å². The first-order chi connectivity index (χ1) is 6.77. The SMILES string of the molecule is CC#CCNC(CC)c1ccc(Cl)s1. The Morgan fingerprint density at radius 1 is 1.57 bits per heavy atom. The molecule has 1 atom stereocenters. The lowest BCUT2D eigenvalue weighted by molar-refractivity contribution is 0.564. The van der Waals surface area contributed by atoms with Crippen LogP contribution in [0.3, 0.4) is 0 Å². The highest BCUT2D eigenvalue weighted by atomic mass is 35.5. The van der Waals surface area contributed by atoms with Gasteiger partial charge in [-0.1, -0.05) is 24.4 Å². The molecule has 1 N–H and O–H groups in total. The van der Waals surface area contributed by atoms with Gasteiger partial charge >= 0.3 is 0 Å². The summed E-state index contributed by atoms with van der Waals surface area (Å²) in [7, 11) is 0. The molecule has 0 spiro atoms. The maximum absolute atomic E-state index is 5.89. The fourth-order valence-electron chi connectivity index (χ4n) is 1.22. The van der Waals surface area contributed by atoms with Gasteiger partial charge in [-0.25, -0.2) is 0 Å². The van der Waals surface area contributed by atoms with E-state index >= 15 is 0 Å². The van der Waals surface area contributed by atoms with Crippen LogP contribution in [0.2, 0.25) is 4.34 Å². The van der Waals surface area contributed by atoms with Crippen LogP contribution in [-0.2, 0) is 0 Å². The predicted octanol–water partition coefficient (Wildman–Crippen LogP) is 3.47. The Labute approximate surface area is 94.5 Å². The molecule has 1 rings (SSSR count). The van der Waals surface area contributed by atoms with Crippen LogP contribution < -0.4 is 5.32 Å². The Kier molecular flexibility index (Phi) is 5.03. The van der Waals surface area contributed by atoms with Crippen LogP contribution in [0.25, 0.3) is 0 Å². The second kappa shape index (κ2) is 6.08. The first-order valence-corrected chi connectivity index (χ1v) is 5.85. The highest BCUT2D eigenvalue weighted by molar-refractivity contribution is 7.16. The first kappa shape index (κ1) is 11.6. The summed E-state index contributed by atoms with van der Waals surface area (Å²) in [6, 6.07) is 4.40. The smallest absolute Gasteiger partial charge is 0.0931 e. The van der Waals surface area contributed by atoms with E-state index in [1.54, 1.807) is 11.3 Å². The molecule has 0 aromatic carbocycles. The minimum absolute atomic E-state index is 0.383. The maximum Gasteiger partial charge on any atom is 0.0931 e. The number of thiophene rings is 1. The second-order valence-electron chi connectivity index (χ2n) is 2.91. The third kappa shape index (κ3) is 3.34. The molecule has 0 aliphatic carbocycles. The molecule has 1 aromatic heterocycles. The third-order valence-electron chi connectivity index (χ3n) is 1.96. The molecule has 0 amide bonds. The summed E-state index contributed by atoms with van der Waals surface area (Å²) >= 11 is 7.52. The van der Waals surface area contributed by atoms with E-state index in [1.807, 2.05) is 13.0 Å². The molecule has 0 bridgehead atoms. The normalized spacial score (nSPS) is 11.9. The Morgan fingerprint density at radius 2 is 2.36 bits per heavy atom. The zero-order valence-corrected chi connectivity index (χ0v) is 10.0. The fourth-order valence-corrected chi connectivity index (χ4v) is 2.44. The number of hydrogen-bond acceptors (Lipinski definition) is 2. The number of nitrogens with one attached hydrogen (secondary N) is 1. The van der Waals surface area contributed by atoms with Gasteiger partial charge in [0.05, 0.1) is 10.9 Å². The van der Waals surface area contributed by atoms with Gasteiger partial charge in [-0.2, -0.15) is 0 Å². The van der Waals surface area contributed by atoms with Gasteiger partial charge in [-0.15, -0.1) is 17.3 Å². The topological polar surface area (TPSA) is 12.0 Å². The molecule has 76 valence electrons. The van der Waals surface area contributed by atoms with Gasteiger partial charge in [0.2, 0.25) is 0 Å². The van der Waals surface area contributed by atoms with Crippen LogP contribution in [0.15, 0.2) is 12.1 Å². The summed E-state index contributed by atoms with van der Waals surface area (Å²) in [5.41, 5.74) is 0. The van der Waals surface area contributed by atoms with Crippen molar-refractivity contribution in [3.8, 4) is 11.8 Å². The van der Waals surface area contributed by atoms with Crippen molar-refractivity contribution in [1.82, 2.24) is 5.32 Å². The lowest BCUT2D eigenvalue weighted by atomic mass is 10.2. The molecule has 1 nitrogen and oxygen atoms in total.